The predicted molar refractivity (Wildman–Crippen MR) is 58.6 cm³/mol. The minimum atomic E-state index is -0.182. The van der Waals surface area contributed by atoms with Crippen LogP contribution in [0, 0.1) is 11.8 Å². The second-order valence-electron chi connectivity index (χ2n) is 4.65. The molecule has 0 spiro atoms. The van der Waals surface area contributed by atoms with Crippen molar-refractivity contribution in [3.8, 4) is 0 Å². The quantitative estimate of drug-likeness (QED) is 0.674. The topological polar surface area (TPSA) is 35.5 Å². The SMILES string of the molecule is COC(=O)C(C)COC1CCCC(C)C1. The van der Waals surface area contributed by atoms with Gasteiger partial charge in [0.1, 0.15) is 0 Å². The van der Waals surface area contributed by atoms with Crippen molar-refractivity contribution in [3.63, 3.8) is 0 Å². The van der Waals surface area contributed by atoms with Gasteiger partial charge in [-0.2, -0.15) is 0 Å². The molecule has 88 valence electrons. The Hall–Kier alpha value is -0.570. The lowest BCUT2D eigenvalue weighted by Crippen LogP contribution is -2.26. The van der Waals surface area contributed by atoms with Crippen LogP contribution in [0.25, 0.3) is 0 Å². The van der Waals surface area contributed by atoms with Gasteiger partial charge in [-0.1, -0.05) is 19.8 Å². The van der Waals surface area contributed by atoms with Gasteiger partial charge in [-0.3, -0.25) is 4.79 Å². The molecule has 0 aromatic rings. The third kappa shape index (κ3) is 4.20. The molecule has 0 amide bonds. The van der Waals surface area contributed by atoms with Crippen molar-refractivity contribution < 1.29 is 14.3 Å². The second-order valence-corrected chi connectivity index (χ2v) is 4.65. The van der Waals surface area contributed by atoms with Crippen molar-refractivity contribution in [2.45, 2.75) is 45.6 Å². The van der Waals surface area contributed by atoms with Crippen molar-refractivity contribution in [2.24, 2.45) is 11.8 Å². The molecule has 3 atom stereocenters. The minimum Gasteiger partial charge on any atom is -0.469 e. The summed E-state index contributed by atoms with van der Waals surface area (Å²) < 4.78 is 10.4. The van der Waals surface area contributed by atoms with Gasteiger partial charge in [-0.15, -0.1) is 0 Å². The van der Waals surface area contributed by atoms with Crippen molar-refractivity contribution in [1.82, 2.24) is 0 Å². The Morgan fingerprint density at radius 2 is 2.20 bits per heavy atom. The van der Waals surface area contributed by atoms with E-state index in [1.165, 1.54) is 20.0 Å². The fourth-order valence-electron chi connectivity index (χ4n) is 2.08. The maximum absolute atomic E-state index is 11.1. The number of hydrogen-bond acceptors (Lipinski definition) is 3. The summed E-state index contributed by atoms with van der Waals surface area (Å²) in [6, 6.07) is 0. The molecule has 15 heavy (non-hydrogen) atoms. The normalized spacial score (nSPS) is 28.5. The molecule has 1 saturated carbocycles. The molecule has 0 N–H and O–H groups in total. The van der Waals surface area contributed by atoms with Crippen LogP contribution in [0.1, 0.15) is 39.5 Å². The molecular formula is C12H22O3. The number of esters is 1. The van der Waals surface area contributed by atoms with Crippen LogP contribution in [0.3, 0.4) is 0 Å². The minimum absolute atomic E-state index is 0.146. The summed E-state index contributed by atoms with van der Waals surface area (Å²) in [6.45, 7) is 4.60. The van der Waals surface area contributed by atoms with Crippen molar-refractivity contribution >= 4 is 5.97 Å². The van der Waals surface area contributed by atoms with Gasteiger partial charge in [0.25, 0.3) is 0 Å². The molecule has 0 radical (unpaired) electrons. The summed E-state index contributed by atoms with van der Waals surface area (Å²) >= 11 is 0. The van der Waals surface area contributed by atoms with E-state index in [0.717, 1.165) is 18.8 Å². The maximum atomic E-state index is 11.1. The van der Waals surface area contributed by atoms with E-state index >= 15 is 0 Å². The highest BCUT2D eigenvalue weighted by Gasteiger charge is 2.21. The van der Waals surface area contributed by atoms with Gasteiger partial charge in [0.05, 0.1) is 25.7 Å². The number of ether oxygens (including phenoxy) is 2. The second kappa shape index (κ2) is 6.11. The Morgan fingerprint density at radius 1 is 1.47 bits per heavy atom. The molecular weight excluding hydrogens is 192 g/mol. The summed E-state index contributed by atoms with van der Waals surface area (Å²) in [5.74, 6) is 0.434. The van der Waals surface area contributed by atoms with Crippen molar-refractivity contribution in [3.05, 3.63) is 0 Å². The molecule has 0 saturated heterocycles. The van der Waals surface area contributed by atoms with E-state index in [-0.39, 0.29) is 11.9 Å². The van der Waals surface area contributed by atoms with Crippen molar-refractivity contribution in [1.29, 1.82) is 0 Å². The van der Waals surface area contributed by atoms with Crippen LogP contribution in [0.4, 0.5) is 0 Å². The largest absolute Gasteiger partial charge is 0.469 e. The summed E-state index contributed by atoms with van der Waals surface area (Å²) in [5.41, 5.74) is 0. The first-order valence-corrected chi connectivity index (χ1v) is 5.83. The highest BCUT2D eigenvalue weighted by atomic mass is 16.5. The maximum Gasteiger partial charge on any atom is 0.310 e. The highest BCUT2D eigenvalue weighted by molar-refractivity contribution is 5.71. The molecule has 0 heterocycles. The van der Waals surface area contributed by atoms with E-state index in [4.69, 9.17) is 4.74 Å². The third-order valence-corrected chi connectivity index (χ3v) is 3.07. The zero-order valence-electron chi connectivity index (χ0n) is 9.99. The summed E-state index contributed by atoms with van der Waals surface area (Å²) in [4.78, 5) is 11.1. The molecule has 0 aromatic heterocycles. The lowest BCUT2D eigenvalue weighted by Gasteiger charge is -2.27. The number of rotatable bonds is 4. The monoisotopic (exact) mass is 214 g/mol. The smallest absolute Gasteiger partial charge is 0.310 e. The fraction of sp³-hybridized carbons (Fsp3) is 0.917. The number of hydrogen-bond donors (Lipinski definition) is 0. The van der Waals surface area contributed by atoms with Crippen molar-refractivity contribution in [2.75, 3.05) is 13.7 Å². The van der Waals surface area contributed by atoms with E-state index < -0.39 is 0 Å². The molecule has 1 fully saturated rings. The molecule has 3 unspecified atom stereocenters. The zero-order valence-corrected chi connectivity index (χ0v) is 9.99. The summed E-state index contributed by atoms with van der Waals surface area (Å²) in [7, 11) is 1.42. The Labute approximate surface area is 92.1 Å². The van der Waals surface area contributed by atoms with E-state index in [1.54, 1.807) is 0 Å². The van der Waals surface area contributed by atoms with Crippen LogP contribution in [0.15, 0.2) is 0 Å². The average Bonchev–Trinajstić information content (AvgIpc) is 2.25. The van der Waals surface area contributed by atoms with E-state index in [9.17, 15) is 4.79 Å². The fourth-order valence-corrected chi connectivity index (χ4v) is 2.08. The van der Waals surface area contributed by atoms with Gasteiger partial charge in [0.15, 0.2) is 0 Å². The molecule has 0 aromatic carbocycles. The van der Waals surface area contributed by atoms with E-state index in [1.807, 2.05) is 6.92 Å². The molecule has 0 aliphatic heterocycles. The standard InChI is InChI=1S/C12H22O3/c1-9-5-4-6-11(7-9)15-8-10(2)12(13)14-3/h9-11H,4-8H2,1-3H3. The predicted octanol–water partition coefficient (Wildman–Crippen LogP) is 2.39. The average molecular weight is 214 g/mol. The van der Waals surface area contributed by atoms with Crippen LogP contribution >= 0.6 is 0 Å². The number of methoxy groups -OCH3 is 1. The van der Waals surface area contributed by atoms with Crippen LogP contribution in [0.2, 0.25) is 0 Å². The Balaban J connectivity index is 2.21. The lowest BCUT2D eigenvalue weighted by molar-refractivity contribution is -0.148. The van der Waals surface area contributed by atoms with Crippen LogP contribution in [-0.4, -0.2) is 25.8 Å². The third-order valence-electron chi connectivity index (χ3n) is 3.07. The molecule has 0 bridgehead atoms. The van der Waals surface area contributed by atoms with Gasteiger partial charge < -0.3 is 9.47 Å². The molecule has 3 nitrogen and oxygen atoms in total. The summed E-state index contributed by atoms with van der Waals surface area (Å²) in [5, 5.41) is 0. The zero-order chi connectivity index (χ0) is 11.3. The van der Waals surface area contributed by atoms with Crippen LogP contribution in [-0.2, 0) is 14.3 Å². The summed E-state index contributed by atoms with van der Waals surface area (Å²) in [6.07, 6.45) is 5.18. The Morgan fingerprint density at radius 3 is 2.80 bits per heavy atom. The Bertz CT molecular complexity index is 203. The van der Waals surface area contributed by atoms with Gasteiger partial charge >= 0.3 is 5.97 Å². The lowest BCUT2D eigenvalue weighted by atomic mass is 9.89. The van der Waals surface area contributed by atoms with E-state index in [2.05, 4.69) is 11.7 Å². The first kappa shape index (κ1) is 12.5. The van der Waals surface area contributed by atoms with Gasteiger partial charge in [-0.25, -0.2) is 0 Å². The molecule has 1 aliphatic carbocycles. The highest BCUT2D eigenvalue weighted by Crippen LogP contribution is 2.25. The Kier molecular flexibility index (Phi) is 5.09. The molecule has 1 aliphatic rings. The van der Waals surface area contributed by atoms with Gasteiger partial charge in [0.2, 0.25) is 0 Å². The van der Waals surface area contributed by atoms with Gasteiger partial charge in [-0.05, 0) is 25.7 Å². The van der Waals surface area contributed by atoms with E-state index in [0.29, 0.717) is 12.7 Å². The molecule has 3 heteroatoms. The first-order chi connectivity index (χ1) is 7.13. The van der Waals surface area contributed by atoms with Crippen LogP contribution in [0.5, 0.6) is 0 Å². The number of carbonyl (C=O) groups excluding carboxylic acids is 1. The molecule has 1 rings (SSSR count). The number of carbonyl (C=O) groups is 1. The van der Waals surface area contributed by atoms with Crippen LogP contribution < -0.4 is 0 Å². The first-order valence-electron chi connectivity index (χ1n) is 5.83. The van der Waals surface area contributed by atoms with Gasteiger partial charge in [0, 0.05) is 0 Å².